The summed E-state index contributed by atoms with van der Waals surface area (Å²) in [5, 5.41) is 14.0. The van der Waals surface area contributed by atoms with Crippen molar-refractivity contribution in [2.75, 3.05) is 6.54 Å². The fraction of sp³-hybridized carbons (Fsp3) is 0.345. The van der Waals surface area contributed by atoms with Crippen molar-refractivity contribution >= 4 is 17.8 Å². The van der Waals surface area contributed by atoms with Crippen molar-refractivity contribution in [3.05, 3.63) is 83.2 Å². The van der Waals surface area contributed by atoms with Crippen LogP contribution in [0.25, 0.3) is 5.69 Å². The number of nitrogens with one attached hydrogen (secondary N) is 3. The second-order valence-electron chi connectivity index (χ2n) is 10.2. The first-order valence-corrected chi connectivity index (χ1v) is 12.4. The third kappa shape index (κ3) is 5.85. The SMILES string of the molecule is Cc1c(C(=O)NCCC2c3ccccc3OC2C(=N)NC(=O)OC(C)(C)C)cn(-c2ccccc2)c1C. The Hall–Kier alpha value is -4.07. The molecule has 0 fully saturated rings. The number of benzene rings is 2. The highest BCUT2D eigenvalue weighted by molar-refractivity contribution is 5.97. The molecule has 0 aliphatic carbocycles. The van der Waals surface area contributed by atoms with Crippen LogP contribution in [0.15, 0.2) is 60.8 Å². The average Bonchev–Trinajstić information content (AvgIpc) is 3.36. The molecule has 0 bridgehead atoms. The second-order valence-corrected chi connectivity index (χ2v) is 10.2. The highest BCUT2D eigenvalue weighted by Crippen LogP contribution is 2.40. The number of amidine groups is 1. The van der Waals surface area contributed by atoms with Crippen LogP contribution in [0.2, 0.25) is 0 Å². The molecule has 0 radical (unpaired) electrons. The fourth-order valence-electron chi connectivity index (χ4n) is 4.55. The zero-order valence-corrected chi connectivity index (χ0v) is 21.9. The monoisotopic (exact) mass is 502 g/mol. The number of fused-ring (bicyclic) bond motifs is 1. The number of hydrogen-bond acceptors (Lipinski definition) is 5. The Balaban J connectivity index is 1.44. The number of alkyl carbamates (subject to hydrolysis) is 1. The van der Waals surface area contributed by atoms with Crippen LogP contribution in [0.1, 0.15) is 60.3 Å². The van der Waals surface area contributed by atoms with Crippen molar-refractivity contribution in [3.8, 4) is 11.4 Å². The number of para-hydroxylation sites is 2. The number of hydrogen-bond donors (Lipinski definition) is 3. The van der Waals surface area contributed by atoms with Gasteiger partial charge in [0.25, 0.3) is 5.91 Å². The first-order chi connectivity index (χ1) is 17.5. The quantitative estimate of drug-likeness (QED) is 0.316. The molecule has 2 amide bonds. The van der Waals surface area contributed by atoms with E-state index in [-0.39, 0.29) is 17.7 Å². The van der Waals surface area contributed by atoms with Crippen LogP contribution in [0.3, 0.4) is 0 Å². The molecule has 0 spiro atoms. The van der Waals surface area contributed by atoms with Gasteiger partial charge in [0, 0.05) is 35.6 Å². The molecule has 0 saturated heterocycles. The van der Waals surface area contributed by atoms with E-state index in [1.54, 1.807) is 20.8 Å². The van der Waals surface area contributed by atoms with Crippen molar-refractivity contribution < 1.29 is 19.1 Å². The summed E-state index contributed by atoms with van der Waals surface area (Å²) < 4.78 is 13.3. The van der Waals surface area contributed by atoms with E-state index in [0.29, 0.717) is 24.3 Å². The Morgan fingerprint density at radius 3 is 2.43 bits per heavy atom. The van der Waals surface area contributed by atoms with E-state index in [0.717, 1.165) is 22.5 Å². The second kappa shape index (κ2) is 10.5. The molecule has 2 aromatic carbocycles. The van der Waals surface area contributed by atoms with Crippen LogP contribution in [0, 0.1) is 19.3 Å². The van der Waals surface area contributed by atoms with Crippen molar-refractivity contribution in [2.24, 2.45) is 0 Å². The van der Waals surface area contributed by atoms with E-state index < -0.39 is 17.8 Å². The summed E-state index contributed by atoms with van der Waals surface area (Å²) >= 11 is 0. The maximum atomic E-state index is 13.1. The summed E-state index contributed by atoms with van der Waals surface area (Å²) in [5.41, 5.74) is 3.83. The topological polar surface area (TPSA) is 105 Å². The Morgan fingerprint density at radius 1 is 1.05 bits per heavy atom. The first kappa shape index (κ1) is 26.0. The van der Waals surface area contributed by atoms with Crippen LogP contribution in [0.4, 0.5) is 4.79 Å². The normalized spacial score (nSPS) is 16.5. The Labute approximate surface area is 217 Å². The van der Waals surface area contributed by atoms with Gasteiger partial charge in [-0.3, -0.25) is 15.5 Å². The lowest BCUT2D eigenvalue weighted by atomic mass is 9.91. The fourth-order valence-corrected chi connectivity index (χ4v) is 4.55. The molecule has 2 unspecified atom stereocenters. The highest BCUT2D eigenvalue weighted by atomic mass is 16.6. The van der Waals surface area contributed by atoms with Gasteiger partial charge in [-0.05, 0) is 64.8 Å². The van der Waals surface area contributed by atoms with Gasteiger partial charge in [0.05, 0.1) is 5.56 Å². The van der Waals surface area contributed by atoms with Crippen LogP contribution in [-0.4, -0.2) is 40.7 Å². The van der Waals surface area contributed by atoms with Gasteiger partial charge in [-0.2, -0.15) is 0 Å². The molecule has 3 aromatic rings. The zero-order valence-electron chi connectivity index (χ0n) is 21.9. The number of amides is 2. The number of carbonyl (C=O) groups excluding carboxylic acids is 2. The summed E-state index contributed by atoms with van der Waals surface area (Å²) in [6.07, 6.45) is 1.01. The van der Waals surface area contributed by atoms with E-state index in [2.05, 4.69) is 10.6 Å². The molecule has 1 aromatic heterocycles. The van der Waals surface area contributed by atoms with Gasteiger partial charge in [0.2, 0.25) is 0 Å². The molecule has 4 rings (SSSR count). The van der Waals surface area contributed by atoms with Gasteiger partial charge in [0.15, 0.2) is 6.10 Å². The number of rotatable bonds is 6. The minimum absolute atomic E-state index is 0.0758. The molecule has 2 atom stereocenters. The molecule has 8 nitrogen and oxygen atoms in total. The van der Waals surface area contributed by atoms with Crippen LogP contribution in [-0.2, 0) is 4.74 Å². The number of nitrogens with zero attached hydrogens (tertiary/aromatic N) is 1. The Kier molecular flexibility index (Phi) is 7.38. The van der Waals surface area contributed by atoms with Crippen molar-refractivity contribution in [1.82, 2.24) is 15.2 Å². The molecule has 2 heterocycles. The molecule has 1 aliphatic heterocycles. The lowest BCUT2D eigenvalue weighted by Crippen LogP contribution is -2.44. The van der Waals surface area contributed by atoms with Gasteiger partial charge in [-0.15, -0.1) is 0 Å². The number of carbonyl (C=O) groups is 2. The zero-order chi connectivity index (χ0) is 26.7. The predicted molar refractivity (Wildman–Crippen MR) is 143 cm³/mol. The van der Waals surface area contributed by atoms with Crippen molar-refractivity contribution in [3.63, 3.8) is 0 Å². The smallest absolute Gasteiger partial charge is 0.413 e. The van der Waals surface area contributed by atoms with E-state index in [4.69, 9.17) is 14.9 Å². The van der Waals surface area contributed by atoms with Gasteiger partial charge in [0.1, 0.15) is 17.2 Å². The lowest BCUT2D eigenvalue weighted by molar-refractivity contribution is 0.0556. The molecule has 0 saturated carbocycles. The molecule has 1 aliphatic rings. The maximum absolute atomic E-state index is 13.1. The van der Waals surface area contributed by atoms with E-state index >= 15 is 0 Å². The maximum Gasteiger partial charge on any atom is 0.413 e. The molecular formula is C29H34N4O4. The number of aromatic nitrogens is 1. The van der Waals surface area contributed by atoms with E-state index in [1.165, 1.54) is 0 Å². The van der Waals surface area contributed by atoms with Crippen molar-refractivity contribution in [2.45, 2.75) is 58.7 Å². The molecule has 8 heteroatoms. The summed E-state index contributed by atoms with van der Waals surface area (Å²) in [7, 11) is 0. The minimum atomic E-state index is -0.696. The van der Waals surface area contributed by atoms with Gasteiger partial charge in [-0.25, -0.2) is 4.79 Å². The standard InChI is InChI=1S/C29H34N4O4/c1-18-19(2)33(20-11-7-6-8-12-20)17-23(18)27(34)31-16-15-22-21-13-9-10-14-24(21)36-25(22)26(30)32-28(35)37-29(3,4)5/h6-14,17,22,25H,15-16H2,1-5H3,(H,31,34)(H2,30,32,35). The van der Waals surface area contributed by atoms with Crippen LogP contribution < -0.4 is 15.4 Å². The third-order valence-corrected chi connectivity index (χ3v) is 6.44. The average molecular weight is 503 g/mol. The number of ether oxygens (including phenoxy) is 2. The molecule has 194 valence electrons. The molecule has 3 N–H and O–H groups in total. The summed E-state index contributed by atoms with van der Waals surface area (Å²) in [6.45, 7) is 9.62. The summed E-state index contributed by atoms with van der Waals surface area (Å²) in [5.74, 6) is 0.232. The Bertz CT molecular complexity index is 1310. The first-order valence-electron chi connectivity index (χ1n) is 12.4. The molecular weight excluding hydrogens is 468 g/mol. The Morgan fingerprint density at radius 2 is 1.73 bits per heavy atom. The van der Waals surface area contributed by atoms with Crippen molar-refractivity contribution in [1.29, 1.82) is 5.41 Å². The van der Waals surface area contributed by atoms with Crippen LogP contribution >= 0.6 is 0 Å². The lowest BCUT2D eigenvalue weighted by Gasteiger charge is -2.23. The van der Waals surface area contributed by atoms with Crippen LogP contribution in [0.5, 0.6) is 5.75 Å². The van der Waals surface area contributed by atoms with Gasteiger partial charge < -0.3 is 19.4 Å². The third-order valence-electron chi connectivity index (χ3n) is 6.44. The van der Waals surface area contributed by atoms with Gasteiger partial charge in [-0.1, -0.05) is 36.4 Å². The van der Waals surface area contributed by atoms with E-state index in [9.17, 15) is 9.59 Å². The summed E-state index contributed by atoms with van der Waals surface area (Å²) in [4.78, 5) is 25.3. The summed E-state index contributed by atoms with van der Waals surface area (Å²) in [6, 6.07) is 17.5. The highest BCUT2D eigenvalue weighted by Gasteiger charge is 2.38. The largest absolute Gasteiger partial charge is 0.482 e. The predicted octanol–water partition coefficient (Wildman–Crippen LogP) is 5.26. The van der Waals surface area contributed by atoms with Gasteiger partial charge >= 0.3 is 6.09 Å². The van der Waals surface area contributed by atoms with E-state index in [1.807, 2.05) is 79.2 Å². The minimum Gasteiger partial charge on any atom is -0.482 e. The molecule has 37 heavy (non-hydrogen) atoms.